The van der Waals surface area contributed by atoms with Crippen LogP contribution in [0.1, 0.15) is 44.4 Å². The number of rotatable bonds is 9. The summed E-state index contributed by atoms with van der Waals surface area (Å²) < 4.78 is 14.5. The Kier molecular flexibility index (Phi) is 7.92. The molecule has 0 radical (unpaired) electrons. The number of carbonyl (C=O) groups excluding carboxylic acids is 1. The van der Waals surface area contributed by atoms with Crippen molar-refractivity contribution in [2.24, 2.45) is 13.0 Å². The van der Waals surface area contributed by atoms with E-state index < -0.39 is 6.04 Å². The smallest absolute Gasteiger partial charge is 0.323 e. The molecule has 194 valence electrons. The molecule has 0 saturated carbocycles. The Morgan fingerprint density at radius 1 is 1.31 bits per heavy atom. The van der Waals surface area contributed by atoms with Crippen LogP contribution in [0.15, 0.2) is 35.3 Å². The molecule has 1 fully saturated rings. The van der Waals surface area contributed by atoms with E-state index in [-0.39, 0.29) is 36.2 Å². The molecule has 3 heterocycles. The minimum atomic E-state index is -0.433. The monoisotopic (exact) mass is 496 g/mol. The fourth-order valence-corrected chi connectivity index (χ4v) is 4.65. The van der Waals surface area contributed by atoms with E-state index >= 15 is 0 Å². The van der Waals surface area contributed by atoms with Gasteiger partial charge in [0.15, 0.2) is 0 Å². The summed E-state index contributed by atoms with van der Waals surface area (Å²) in [5.74, 6) is 0.500. The lowest BCUT2D eigenvalue weighted by Crippen LogP contribution is -2.43. The molecule has 1 saturated heterocycles. The molecule has 1 aromatic carbocycles. The zero-order chi connectivity index (χ0) is 26.0. The van der Waals surface area contributed by atoms with Gasteiger partial charge in [0.25, 0.3) is 5.56 Å². The summed E-state index contributed by atoms with van der Waals surface area (Å²) in [5, 5.41) is 13.3. The van der Waals surface area contributed by atoms with E-state index in [1.54, 1.807) is 24.7 Å². The van der Waals surface area contributed by atoms with Crippen LogP contribution in [-0.2, 0) is 27.9 Å². The van der Waals surface area contributed by atoms with Gasteiger partial charge in [0.2, 0.25) is 0 Å². The number of imidazole rings is 1. The third kappa shape index (κ3) is 5.38. The first-order valence-corrected chi connectivity index (χ1v) is 12.5. The summed E-state index contributed by atoms with van der Waals surface area (Å²) in [4.78, 5) is 29.9. The molecule has 0 amide bonds. The highest BCUT2D eigenvalue weighted by molar-refractivity contribution is 5.81. The normalized spacial score (nSPS) is 17.6. The molecule has 2 N–H and O–H groups in total. The Bertz CT molecular complexity index is 1260. The minimum absolute atomic E-state index is 0.0449. The topological polar surface area (TPSA) is 108 Å². The fourth-order valence-electron chi connectivity index (χ4n) is 4.65. The number of aliphatic hydroxyl groups is 1. The van der Waals surface area contributed by atoms with Crippen molar-refractivity contribution in [1.29, 1.82) is 0 Å². The number of hydrogen-bond donors (Lipinski definition) is 2. The summed E-state index contributed by atoms with van der Waals surface area (Å²) in [5.41, 5.74) is 4.04. The Labute approximate surface area is 211 Å². The predicted molar refractivity (Wildman–Crippen MR) is 138 cm³/mol. The van der Waals surface area contributed by atoms with Crippen LogP contribution in [0.3, 0.4) is 0 Å². The van der Waals surface area contributed by atoms with Crippen LogP contribution >= 0.6 is 0 Å². The van der Waals surface area contributed by atoms with Gasteiger partial charge in [-0.1, -0.05) is 19.9 Å². The van der Waals surface area contributed by atoms with Gasteiger partial charge in [-0.25, -0.2) is 4.98 Å². The van der Waals surface area contributed by atoms with Crippen molar-refractivity contribution in [3.05, 3.63) is 51.9 Å². The number of esters is 1. The number of carbonyl (C=O) groups is 1. The number of benzene rings is 1. The molecule has 1 aliphatic heterocycles. The van der Waals surface area contributed by atoms with Gasteiger partial charge in [0.1, 0.15) is 18.0 Å². The standard InChI is InChI=1S/C27H36N4O5/c1-16(2)24(27(34)36-21-8-9-35-15-21)28-12-19-6-7-23-22(11-19)29-25(31(23)18(4)14-32)20-10-17(3)26(33)30(5)13-20/h6-7,10-11,13,16,18,21,24,28,32H,8-9,12,14-15H2,1-5H3/t18-,21?,24?/m0/s1. The predicted octanol–water partition coefficient (Wildman–Crippen LogP) is 2.71. The van der Waals surface area contributed by atoms with Gasteiger partial charge in [-0.15, -0.1) is 0 Å². The zero-order valence-electron chi connectivity index (χ0n) is 21.7. The second-order valence-electron chi connectivity index (χ2n) is 10.0. The summed E-state index contributed by atoms with van der Waals surface area (Å²) in [6.45, 7) is 9.22. The number of aliphatic hydroxyl groups excluding tert-OH is 1. The van der Waals surface area contributed by atoms with Gasteiger partial charge in [-0.2, -0.15) is 0 Å². The number of aryl methyl sites for hydroxylation is 2. The molecule has 0 spiro atoms. The van der Waals surface area contributed by atoms with Crippen LogP contribution in [0.5, 0.6) is 0 Å². The van der Waals surface area contributed by atoms with Crippen LogP contribution in [-0.4, -0.2) is 57.2 Å². The fraction of sp³-hybridized carbons (Fsp3) is 0.519. The molecule has 1 aliphatic rings. The van der Waals surface area contributed by atoms with Crippen LogP contribution < -0.4 is 10.9 Å². The maximum absolute atomic E-state index is 12.8. The Morgan fingerprint density at radius 2 is 2.08 bits per heavy atom. The quantitative estimate of drug-likeness (QED) is 0.439. The number of pyridine rings is 1. The van der Waals surface area contributed by atoms with Gasteiger partial charge < -0.3 is 29.0 Å². The third-order valence-electron chi connectivity index (χ3n) is 6.70. The molecule has 3 aromatic rings. The first-order chi connectivity index (χ1) is 17.2. The lowest BCUT2D eigenvalue weighted by atomic mass is 10.0. The summed E-state index contributed by atoms with van der Waals surface area (Å²) in [6, 6.07) is 7.18. The van der Waals surface area contributed by atoms with E-state index in [0.29, 0.717) is 31.1 Å². The maximum Gasteiger partial charge on any atom is 0.323 e. The highest BCUT2D eigenvalue weighted by atomic mass is 16.6. The first kappa shape index (κ1) is 26.1. The van der Waals surface area contributed by atoms with Gasteiger partial charge in [0, 0.05) is 37.3 Å². The SMILES string of the molecule is Cc1cc(-c2nc3cc(CNC(C(=O)OC4CCOC4)C(C)C)ccc3n2[C@@H](C)CO)cn(C)c1=O. The summed E-state index contributed by atoms with van der Waals surface area (Å²) in [6.07, 6.45) is 2.34. The van der Waals surface area contributed by atoms with Crippen LogP contribution in [0.2, 0.25) is 0 Å². The molecular weight excluding hydrogens is 460 g/mol. The second kappa shape index (κ2) is 10.9. The average molecular weight is 497 g/mol. The van der Waals surface area contributed by atoms with E-state index in [4.69, 9.17) is 14.5 Å². The molecule has 0 bridgehead atoms. The zero-order valence-corrected chi connectivity index (χ0v) is 21.7. The molecule has 4 rings (SSSR count). The van der Waals surface area contributed by atoms with Crippen molar-refractivity contribution in [2.75, 3.05) is 19.8 Å². The lowest BCUT2D eigenvalue weighted by Gasteiger charge is -2.22. The number of hydrogen-bond acceptors (Lipinski definition) is 7. The second-order valence-corrected chi connectivity index (χ2v) is 10.0. The van der Waals surface area contributed by atoms with Gasteiger partial charge >= 0.3 is 5.97 Å². The molecule has 9 heteroatoms. The molecule has 3 atom stereocenters. The molecule has 36 heavy (non-hydrogen) atoms. The van der Waals surface area contributed by atoms with Gasteiger partial charge in [0.05, 0.1) is 36.9 Å². The maximum atomic E-state index is 12.8. The first-order valence-electron chi connectivity index (χ1n) is 12.5. The van der Waals surface area contributed by atoms with Crippen molar-refractivity contribution < 1.29 is 19.4 Å². The average Bonchev–Trinajstić information content (AvgIpc) is 3.49. The lowest BCUT2D eigenvalue weighted by molar-refractivity contribution is -0.152. The summed E-state index contributed by atoms with van der Waals surface area (Å²) in [7, 11) is 1.72. The van der Waals surface area contributed by atoms with Crippen molar-refractivity contribution in [3.63, 3.8) is 0 Å². The van der Waals surface area contributed by atoms with E-state index in [0.717, 1.165) is 28.6 Å². The van der Waals surface area contributed by atoms with Crippen molar-refractivity contribution in [1.82, 2.24) is 19.4 Å². The summed E-state index contributed by atoms with van der Waals surface area (Å²) >= 11 is 0. The number of fused-ring (bicyclic) bond motifs is 1. The van der Waals surface area contributed by atoms with Crippen molar-refractivity contribution >= 4 is 17.0 Å². The van der Waals surface area contributed by atoms with E-state index in [1.807, 2.05) is 49.6 Å². The largest absolute Gasteiger partial charge is 0.459 e. The van der Waals surface area contributed by atoms with Crippen molar-refractivity contribution in [3.8, 4) is 11.4 Å². The van der Waals surface area contributed by atoms with Crippen LogP contribution in [0.25, 0.3) is 22.4 Å². The molecule has 9 nitrogen and oxygen atoms in total. The van der Waals surface area contributed by atoms with Crippen LogP contribution in [0, 0.1) is 12.8 Å². The number of ether oxygens (including phenoxy) is 2. The van der Waals surface area contributed by atoms with Gasteiger partial charge in [-0.3, -0.25) is 9.59 Å². The molecule has 2 unspecified atom stereocenters. The highest BCUT2D eigenvalue weighted by Crippen LogP contribution is 2.29. The molecule has 2 aromatic heterocycles. The highest BCUT2D eigenvalue weighted by Gasteiger charge is 2.28. The molecular formula is C27H36N4O5. The Morgan fingerprint density at radius 3 is 2.72 bits per heavy atom. The van der Waals surface area contributed by atoms with E-state index in [1.165, 1.54) is 0 Å². The number of aromatic nitrogens is 3. The Balaban J connectivity index is 1.61. The van der Waals surface area contributed by atoms with E-state index in [9.17, 15) is 14.7 Å². The van der Waals surface area contributed by atoms with E-state index in [2.05, 4.69) is 5.32 Å². The van der Waals surface area contributed by atoms with Crippen molar-refractivity contribution in [2.45, 2.75) is 58.8 Å². The Hall–Kier alpha value is -3.01. The number of nitrogens with zero attached hydrogens (tertiary/aromatic N) is 3. The number of nitrogens with one attached hydrogen (secondary N) is 1. The van der Waals surface area contributed by atoms with Gasteiger partial charge in [-0.05, 0) is 43.5 Å². The molecule has 0 aliphatic carbocycles. The third-order valence-corrected chi connectivity index (χ3v) is 6.70. The minimum Gasteiger partial charge on any atom is -0.459 e. The van der Waals surface area contributed by atoms with Crippen LogP contribution in [0.4, 0.5) is 0 Å².